The average molecular weight is 438 g/mol. The van der Waals surface area contributed by atoms with Gasteiger partial charge in [0.05, 0.1) is 11.6 Å². The summed E-state index contributed by atoms with van der Waals surface area (Å²) in [5.41, 5.74) is 0. The van der Waals surface area contributed by atoms with Crippen molar-refractivity contribution in [3.05, 3.63) is 29.3 Å². The van der Waals surface area contributed by atoms with E-state index in [1.165, 1.54) is 25.7 Å². The molecule has 1 aromatic carbocycles. The molecule has 2 rings (SSSR count). The van der Waals surface area contributed by atoms with Gasteiger partial charge < -0.3 is 15.4 Å². The molecule has 0 aromatic heterocycles. The standard InChI is InChI=1S/C16H24ClN3O.HI/c1-12(21-15-10-6-5-9-14(15)17)11-19-16(18-2)20-13-7-3-4-8-13;/h5-6,9-10,12-13H,3-4,7-8,11H2,1-2H3,(H2,18,19,20);1H. The minimum atomic E-state index is 0. The van der Waals surface area contributed by atoms with Crippen LogP contribution in [0.5, 0.6) is 5.75 Å². The number of nitrogens with zero attached hydrogens (tertiary/aromatic N) is 1. The first-order chi connectivity index (χ1) is 10.2. The lowest BCUT2D eigenvalue weighted by Gasteiger charge is -2.20. The van der Waals surface area contributed by atoms with E-state index in [4.69, 9.17) is 16.3 Å². The zero-order valence-corrected chi connectivity index (χ0v) is 16.2. The number of nitrogens with one attached hydrogen (secondary N) is 2. The smallest absolute Gasteiger partial charge is 0.191 e. The molecule has 0 saturated heterocycles. The minimum Gasteiger partial charge on any atom is -0.487 e. The fraction of sp³-hybridized carbons (Fsp3) is 0.562. The van der Waals surface area contributed by atoms with Crippen molar-refractivity contribution in [2.75, 3.05) is 13.6 Å². The van der Waals surface area contributed by atoms with Crippen molar-refractivity contribution in [1.82, 2.24) is 10.6 Å². The number of para-hydroxylation sites is 1. The molecule has 4 nitrogen and oxygen atoms in total. The molecule has 2 N–H and O–H groups in total. The molecule has 1 unspecified atom stereocenters. The Morgan fingerprint density at radius 3 is 2.68 bits per heavy atom. The predicted molar refractivity (Wildman–Crippen MR) is 104 cm³/mol. The van der Waals surface area contributed by atoms with Crippen molar-refractivity contribution in [2.24, 2.45) is 4.99 Å². The molecule has 1 aromatic rings. The first-order valence-electron chi connectivity index (χ1n) is 7.57. The first kappa shape index (κ1) is 19.4. The van der Waals surface area contributed by atoms with Gasteiger partial charge in [-0.2, -0.15) is 0 Å². The number of guanidine groups is 1. The van der Waals surface area contributed by atoms with Gasteiger partial charge in [0.15, 0.2) is 5.96 Å². The number of halogens is 2. The van der Waals surface area contributed by atoms with Crippen molar-refractivity contribution in [2.45, 2.75) is 44.8 Å². The van der Waals surface area contributed by atoms with Gasteiger partial charge in [-0.15, -0.1) is 24.0 Å². The highest BCUT2D eigenvalue weighted by Crippen LogP contribution is 2.24. The Kier molecular flexibility index (Phi) is 8.93. The molecule has 0 aliphatic heterocycles. The van der Waals surface area contributed by atoms with E-state index in [1.54, 1.807) is 7.05 Å². The van der Waals surface area contributed by atoms with Crippen molar-refractivity contribution >= 4 is 41.5 Å². The van der Waals surface area contributed by atoms with Crippen molar-refractivity contribution in [3.63, 3.8) is 0 Å². The molecule has 124 valence electrons. The Bertz CT molecular complexity index is 478. The van der Waals surface area contributed by atoms with Gasteiger partial charge in [-0.05, 0) is 31.9 Å². The second-order valence-electron chi connectivity index (χ2n) is 5.44. The highest BCUT2D eigenvalue weighted by Gasteiger charge is 2.16. The summed E-state index contributed by atoms with van der Waals surface area (Å²) in [6, 6.07) is 8.08. The summed E-state index contributed by atoms with van der Waals surface area (Å²) in [7, 11) is 1.80. The number of ether oxygens (including phenoxy) is 1. The molecule has 0 spiro atoms. The van der Waals surface area contributed by atoms with Crippen LogP contribution in [0.4, 0.5) is 0 Å². The predicted octanol–water partition coefficient (Wildman–Crippen LogP) is 3.83. The van der Waals surface area contributed by atoms with Crippen molar-refractivity contribution in [1.29, 1.82) is 0 Å². The third kappa shape index (κ3) is 6.20. The summed E-state index contributed by atoms with van der Waals surface area (Å²) >= 11 is 6.09. The summed E-state index contributed by atoms with van der Waals surface area (Å²) < 4.78 is 5.83. The molecule has 0 amide bonds. The van der Waals surface area contributed by atoms with Crippen LogP contribution >= 0.6 is 35.6 Å². The van der Waals surface area contributed by atoms with Gasteiger partial charge in [-0.25, -0.2) is 0 Å². The van der Waals surface area contributed by atoms with Gasteiger partial charge in [0, 0.05) is 13.1 Å². The summed E-state index contributed by atoms with van der Waals surface area (Å²) in [5, 5.41) is 7.40. The Hall–Kier alpha value is -0.690. The van der Waals surface area contributed by atoms with Gasteiger partial charge in [-0.3, -0.25) is 4.99 Å². The number of benzene rings is 1. The maximum atomic E-state index is 6.09. The number of aliphatic imine (C=N–C) groups is 1. The molecule has 1 atom stereocenters. The molecule has 22 heavy (non-hydrogen) atoms. The molecule has 1 aliphatic rings. The van der Waals surface area contributed by atoms with E-state index in [9.17, 15) is 0 Å². The van der Waals surface area contributed by atoms with Crippen molar-refractivity contribution < 1.29 is 4.74 Å². The molecule has 1 saturated carbocycles. The Labute approximate surface area is 155 Å². The minimum absolute atomic E-state index is 0. The van der Waals surface area contributed by atoms with Crippen LogP contribution < -0.4 is 15.4 Å². The van der Waals surface area contributed by atoms with E-state index in [1.807, 2.05) is 31.2 Å². The highest BCUT2D eigenvalue weighted by molar-refractivity contribution is 14.0. The van der Waals surface area contributed by atoms with Crippen LogP contribution in [0.1, 0.15) is 32.6 Å². The van der Waals surface area contributed by atoms with Crippen LogP contribution in [0.3, 0.4) is 0 Å². The van der Waals surface area contributed by atoms with Gasteiger partial charge in [0.25, 0.3) is 0 Å². The molecule has 1 fully saturated rings. The first-order valence-corrected chi connectivity index (χ1v) is 7.95. The molecule has 0 radical (unpaired) electrons. The molecular formula is C16H25ClIN3O. The number of hydrogen-bond acceptors (Lipinski definition) is 2. The third-order valence-electron chi connectivity index (χ3n) is 3.64. The lowest BCUT2D eigenvalue weighted by molar-refractivity contribution is 0.224. The van der Waals surface area contributed by atoms with Crippen LogP contribution in [0, 0.1) is 0 Å². The quantitative estimate of drug-likeness (QED) is 0.418. The largest absolute Gasteiger partial charge is 0.487 e. The summed E-state index contributed by atoms with van der Waals surface area (Å²) in [6.45, 7) is 2.69. The zero-order valence-electron chi connectivity index (χ0n) is 13.1. The van der Waals surface area contributed by atoms with Gasteiger partial charge >= 0.3 is 0 Å². The van der Waals surface area contributed by atoms with E-state index in [2.05, 4.69) is 15.6 Å². The van der Waals surface area contributed by atoms with E-state index in [0.29, 0.717) is 23.4 Å². The van der Waals surface area contributed by atoms with Gasteiger partial charge in [-0.1, -0.05) is 36.6 Å². The fourth-order valence-corrected chi connectivity index (χ4v) is 2.68. The highest BCUT2D eigenvalue weighted by atomic mass is 127. The fourth-order valence-electron chi connectivity index (χ4n) is 2.50. The second-order valence-corrected chi connectivity index (χ2v) is 5.84. The molecule has 0 heterocycles. The SMILES string of the molecule is CN=C(NCC(C)Oc1ccccc1Cl)NC1CCCC1.I. The normalized spacial score (nSPS) is 16.8. The third-order valence-corrected chi connectivity index (χ3v) is 3.95. The Morgan fingerprint density at radius 2 is 2.05 bits per heavy atom. The van der Waals surface area contributed by atoms with Crippen LogP contribution in [0.2, 0.25) is 5.02 Å². The van der Waals surface area contributed by atoms with E-state index in [-0.39, 0.29) is 30.1 Å². The van der Waals surface area contributed by atoms with Crippen LogP contribution in [-0.2, 0) is 0 Å². The lowest BCUT2D eigenvalue weighted by atomic mass is 10.2. The maximum absolute atomic E-state index is 6.09. The molecular weight excluding hydrogens is 413 g/mol. The number of rotatable bonds is 5. The zero-order chi connectivity index (χ0) is 15.1. The molecule has 0 bridgehead atoms. The maximum Gasteiger partial charge on any atom is 0.191 e. The van der Waals surface area contributed by atoms with Crippen LogP contribution in [0.15, 0.2) is 29.3 Å². The van der Waals surface area contributed by atoms with Gasteiger partial charge in [0.2, 0.25) is 0 Å². The number of hydrogen-bond donors (Lipinski definition) is 2. The topological polar surface area (TPSA) is 45.7 Å². The lowest BCUT2D eigenvalue weighted by Crippen LogP contribution is -2.45. The average Bonchev–Trinajstić information content (AvgIpc) is 2.99. The summed E-state index contributed by atoms with van der Waals surface area (Å²) in [4.78, 5) is 4.26. The monoisotopic (exact) mass is 437 g/mol. The van der Waals surface area contributed by atoms with Crippen LogP contribution in [0.25, 0.3) is 0 Å². The second kappa shape index (κ2) is 10.2. The Morgan fingerprint density at radius 1 is 1.36 bits per heavy atom. The van der Waals surface area contributed by atoms with Crippen LogP contribution in [-0.4, -0.2) is 31.7 Å². The summed E-state index contributed by atoms with van der Waals surface area (Å²) in [6.07, 6.45) is 5.08. The van der Waals surface area contributed by atoms with E-state index in [0.717, 1.165) is 5.96 Å². The van der Waals surface area contributed by atoms with Gasteiger partial charge in [0.1, 0.15) is 11.9 Å². The molecule has 1 aliphatic carbocycles. The van der Waals surface area contributed by atoms with E-state index >= 15 is 0 Å². The van der Waals surface area contributed by atoms with Crippen molar-refractivity contribution in [3.8, 4) is 5.75 Å². The Balaban J connectivity index is 0.00000242. The molecule has 6 heteroatoms. The van der Waals surface area contributed by atoms with E-state index < -0.39 is 0 Å². The summed E-state index contributed by atoms with van der Waals surface area (Å²) in [5.74, 6) is 1.56.